The first kappa shape index (κ1) is 11.9. The predicted molar refractivity (Wildman–Crippen MR) is 90.9 cm³/mol. The normalized spacial score (nSPS) is 12.0. The Morgan fingerprint density at radius 1 is 0.773 bits per heavy atom. The van der Waals surface area contributed by atoms with E-state index in [2.05, 4.69) is 61.5 Å². The maximum absolute atomic E-state index is 4.94. The summed E-state index contributed by atoms with van der Waals surface area (Å²) < 4.78 is 0. The lowest BCUT2D eigenvalue weighted by Gasteiger charge is -2.05. The Labute approximate surface area is 128 Å². The molecule has 0 N–H and O–H groups in total. The molecule has 1 aliphatic rings. The Balaban J connectivity index is 1.92. The minimum atomic E-state index is 0.973. The van der Waals surface area contributed by atoms with Crippen LogP contribution >= 0.6 is 0 Å². The molecular weight excluding hydrogens is 268 g/mol. The van der Waals surface area contributed by atoms with Crippen molar-refractivity contribution >= 4 is 21.8 Å². The van der Waals surface area contributed by atoms with Crippen molar-refractivity contribution in [3.05, 3.63) is 60.2 Å². The average molecular weight is 282 g/mol. The predicted octanol–water partition coefficient (Wildman–Crippen LogP) is 4.99. The SMILES string of the molecule is CCc1ccc2nc3c(nc2c1)-c1cccc2cccc-3c12. The van der Waals surface area contributed by atoms with Crippen LogP contribution in [-0.2, 0) is 6.42 Å². The van der Waals surface area contributed by atoms with Crippen molar-refractivity contribution in [3.8, 4) is 22.5 Å². The summed E-state index contributed by atoms with van der Waals surface area (Å²) in [6.07, 6.45) is 1.02. The second-order valence-corrected chi connectivity index (χ2v) is 5.81. The zero-order chi connectivity index (χ0) is 14.7. The lowest BCUT2D eigenvalue weighted by atomic mass is 10.0. The zero-order valence-corrected chi connectivity index (χ0v) is 12.3. The summed E-state index contributed by atoms with van der Waals surface area (Å²) >= 11 is 0. The van der Waals surface area contributed by atoms with Gasteiger partial charge in [-0.25, -0.2) is 9.97 Å². The van der Waals surface area contributed by atoms with Crippen LogP contribution < -0.4 is 0 Å². The van der Waals surface area contributed by atoms with E-state index in [1.165, 1.54) is 27.5 Å². The molecule has 0 radical (unpaired) electrons. The summed E-state index contributed by atoms with van der Waals surface area (Å²) in [5, 5.41) is 2.54. The molecule has 5 rings (SSSR count). The molecule has 0 saturated heterocycles. The van der Waals surface area contributed by atoms with Crippen molar-refractivity contribution in [2.45, 2.75) is 13.3 Å². The van der Waals surface area contributed by atoms with Crippen molar-refractivity contribution < 1.29 is 0 Å². The van der Waals surface area contributed by atoms with Gasteiger partial charge in [0.05, 0.1) is 22.4 Å². The van der Waals surface area contributed by atoms with Gasteiger partial charge in [0.15, 0.2) is 0 Å². The van der Waals surface area contributed by atoms with Crippen LogP contribution in [0.3, 0.4) is 0 Å². The molecule has 1 aliphatic carbocycles. The van der Waals surface area contributed by atoms with E-state index >= 15 is 0 Å². The smallest absolute Gasteiger partial charge is 0.0979 e. The number of rotatable bonds is 1. The van der Waals surface area contributed by atoms with Crippen LogP contribution in [-0.4, -0.2) is 9.97 Å². The molecule has 4 aromatic rings. The molecule has 3 aromatic carbocycles. The minimum absolute atomic E-state index is 0.973. The van der Waals surface area contributed by atoms with Gasteiger partial charge in [-0.05, 0) is 29.5 Å². The molecule has 22 heavy (non-hydrogen) atoms. The molecule has 104 valence electrons. The van der Waals surface area contributed by atoms with Crippen LogP contribution in [0.1, 0.15) is 12.5 Å². The van der Waals surface area contributed by atoms with Crippen molar-refractivity contribution in [3.63, 3.8) is 0 Å². The highest BCUT2D eigenvalue weighted by molar-refractivity contribution is 6.14. The first-order chi connectivity index (χ1) is 10.8. The Kier molecular flexibility index (Phi) is 2.23. The van der Waals surface area contributed by atoms with Gasteiger partial charge in [-0.1, -0.05) is 49.4 Å². The number of nitrogens with zero attached hydrogens (tertiary/aromatic N) is 2. The highest BCUT2D eigenvalue weighted by atomic mass is 14.8. The van der Waals surface area contributed by atoms with E-state index in [-0.39, 0.29) is 0 Å². The molecule has 0 atom stereocenters. The number of benzene rings is 3. The highest BCUT2D eigenvalue weighted by Gasteiger charge is 2.24. The summed E-state index contributed by atoms with van der Waals surface area (Å²) in [7, 11) is 0. The summed E-state index contributed by atoms with van der Waals surface area (Å²) in [5.41, 5.74) is 7.71. The van der Waals surface area contributed by atoms with Crippen LogP contribution in [0.4, 0.5) is 0 Å². The average Bonchev–Trinajstić information content (AvgIpc) is 2.88. The molecular formula is C20H14N2. The van der Waals surface area contributed by atoms with Gasteiger partial charge < -0.3 is 0 Å². The molecule has 0 spiro atoms. The van der Waals surface area contributed by atoms with Crippen LogP contribution in [0, 0.1) is 0 Å². The van der Waals surface area contributed by atoms with Gasteiger partial charge in [-0.2, -0.15) is 0 Å². The molecule has 0 amide bonds. The molecule has 2 nitrogen and oxygen atoms in total. The Bertz CT molecular complexity index is 1060. The van der Waals surface area contributed by atoms with Gasteiger partial charge in [0.25, 0.3) is 0 Å². The Hall–Kier alpha value is -2.74. The van der Waals surface area contributed by atoms with Gasteiger partial charge >= 0.3 is 0 Å². The molecule has 0 unspecified atom stereocenters. The highest BCUT2D eigenvalue weighted by Crippen LogP contribution is 2.45. The minimum Gasteiger partial charge on any atom is -0.244 e. The van der Waals surface area contributed by atoms with Gasteiger partial charge in [-0.15, -0.1) is 0 Å². The van der Waals surface area contributed by atoms with E-state index in [1.807, 2.05) is 0 Å². The number of aryl methyl sites for hydroxylation is 1. The monoisotopic (exact) mass is 282 g/mol. The van der Waals surface area contributed by atoms with Gasteiger partial charge in [0.2, 0.25) is 0 Å². The largest absolute Gasteiger partial charge is 0.244 e. The van der Waals surface area contributed by atoms with E-state index < -0.39 is 0 Å². The summed E-state index contributed by atoms with van der Waals surface area (Å²) in [5.74, 6) is 0. The number of hydrogen-bond donors (Lipinski definition) is 0. The first-order valence-electron chi connectivity index (χ1n) is 7.68. The molecule has 0 bridgehead atoms. The first-order valence-corrected chi connectivity index (χ1v) is 7.68. The third kappa shape index (κ3) is 1.44. The standard InChI is InChI=1S/C20H14N2/c1-2-12-9-10-16-17(11-12)22-20-15-8-4-6-13-5-3-7-14(18(13)15)19(20)21-16/h3-11H,2H2,1H3. The Morgan fingerprint density at radius 2 is 1.45 bits per heavy atom. The topological polar surface area (TPSA) is 25.8 Å². The second kappa shape index (κ2) is 4.14. The summed E-state index contributed by atoms with van der Waals surface area (Å²) in [6.45, 7) is 2.17. The van der Waals surface area contributed by atoms with Gasteiger partial charge in [-0.3, -0.25) is 0 Å². The molecule has 1 aromatic heterocycles. The fraction of sp³-hybridized carbons (Fsp3) is 0.100. The van der Waals surface area contributed by atoms with Crippen molar-refractivity contribution in [2.24, 2.45) is 0 Å². The van der Waals surface area contributed by atoms with Gasteiger partial charge in [0.1, 0.15) is 0 Å². The quantitative estimate of drug-likeness (QED) is 0.432. The van der Waals surface area contributed by atoms with E-state index in [0.717, 1.165) is 28.8 Å². The number of hydrogen-bond acceptors (Lipinski definition) is 2. The van der Waals surface area contributed by atoms with Crippen LogP contribution in [0.2, 0.25) is 0 Å². The molecule has 2 heteroatoms. The lowest BCUT2D eigenvalue weighted by molar-refractivity contribution is 1.14. The fourth-order valence-electron chi connectivity index (χ4n) is 3.43. The number of aromatic nitrogens is 2. The van der Waals surface area contributed by atoms with Crippen molar-refractivity contribution in [1.29, 1.82) is 0 Å². The zero-order valence-electron chi connectivity index (χ0n) is 12.3. The second-order valence-electron chi connectivity index (χ2n) is 5.81. The molecule has 0 saturated carbocycles. The molecule has 0 aliphatic heterocycles. The maximum atomic E-state index is 4.94. The van der Waals surface area contributed by atoms with Crippen LogP contribution in [0.15, 0.2) is 54.6 Å². The Morgan fingerprint density at radius 3 is 2.14 bits per heavy atom. The molecule has 1 heterocycles. The third-order valence-electron chi connectivity index (χ3n) is 4.55. The summed E-state index contributed by atoms with van der Waals surface area (Å²) in [4.78, 5) is 9.85. The number of fused-ring (bicyclic) bond motifs is 4. The van der Waals surface area contributed by atoms with Crippen molar-refractivity contribution in [2.75, 3.05) is 0 Å². The van der Waals surface area contributed by atoms with E-state index in [0.29, 0.717) is 0 Å². The maximum Gasteiger partial charge on any atom is 0.0979 e. The van der Waals surface area contributed by atoms with Gasteiger partial charge in [0, 0.05) is 16.5 Å². The van der Waals surface area contributed by atoms with Crippen molar-refractivity contribution in [1.82, 2.24) is 9.97 Å². The van der Waals surface area contributed by atoms with Crippen LogP contribution in [0.5, 0.6) is 0 Å². The fourth-order valence-corrected chi connectivity index (χ4v) is 3.43. The van der Waals surface area contributed by atoms with E-state index in [9.17, 15) is 0 Å². The lowest BCUT2D eigenvalue weighted by Crippen LogP contribution is -1.91. The summed E-state index contributed by atoms with van der Waals surface area (Å²) in [6, 6.07) is 19.2. The third-order valence-corrected chi connectivity index (χ3v) is 4.55. The van der Waals surface area contributed by atoms with E-state index in [1.54, 1.807) is 0 Å². The van der Waals surface area contributed by atoms with E-state index in [4.69, 9.17) is 9.97 Å². The molecule has 0 fully saturated rings. The van der Waals surface area contributed by atoms with Crippen LogP contribution in [0.25, 0.3) is 44.3 Å².